The van der Waals surface area contributed by atoms with Crippen LogP contribution in [0.15, 0.2) is 42.5 Å². The molecule has 0 amide bonds. The van der Waals surface area contributed by atoms with E-state index in [1.165, 1.54) is 6.07 Å². The van der Waals surface area contributed by atoms with Crippen molar-refractivity contribution in [2.45, 2.75) is 6.54 Å². The number of aromatic hydroxyl groups is 1. The maximum Gasteiger partial charge on any atom is 0.337 e. The van der Waals surface area contributed by atoms with Gasteiger partial charge in [-0.3, -0.25) is 0 Å². The fourth-order valence-corrected chi connectivity index (χ4v) is 1.82. The summed E-state index contributed by atoms with van der Waals surface area (Å²) in [5.41, 5.74) is 1.72. The van der Waals surface area contributed by atoms with Crippen molar-refractivity contribution in [2.75, 3.05) is 5.32 Å². The second kappa shape index (κ2) is 5.63. The van der Waals surface area contributed by atoms with Gasteiger partial charge < -0.3 is 15.5 Å². The monoisotopic (exact) mass is 277 g/mol. The molecule has 0 aliphatic heterocycles. The number of nitrogens with one attached hydrogen (secondary N) is 1. The molecule has 2 aromatic rings. The van der Waals surface area contributed by atoms with Gasteiger partial charge in [0.1, 0.15) is 5.75 Å². The second-order valence-corrected chi connectivity index (χ2v) is 4.43. The van der Waals surface area contributed by atoms with E-state index in [-0.39, 0.29) is 16.3 Å². The van der Waals surface area contributed by atoms with Crippen molar-refractivity contribution in [3.63, 3.8) is 0 Å². The molecule has 3 N–H and O–H groups in total. The second-order valence-electron chi connectivity index (χ2n) is 4.02. The van der Waals surface area contributed by atoms with Crippen LogP contribution in [0, 0.1) is 0 Å². The molecule has 0 bridgehead atoms. The van der Waals surface area contributed by atoms with Crippen LogP contribution in [0.5, 0.6) is 5.75 Å². The van der Waals surface area contributed by atoms with Crippen molar-refractivity contribution >= 4 is 23.3 Å². The Bertz CT molecular complexity index is 596. The minimum Gasteiger partial charge on any atom is -0.508 e. The van der Waals surface area contributed by atoms with Gasteiger partial charge in [0.05, 0.1) is 10.6 Å². The van der Waals surface area contributed by atoms with E-state index in [0.29, 0.717) is 12.2 Å². The average Bonchev–Trinajstić information content (AvgIpc) is 2.39. The van der Waals surface area contributed by atoms with Crippen molar-refractivity contribution in [3.05, 3.63) is 58.6 Å². The number of carbonyl (C=O) groups is 1. The Morgan fingerprint density at radius 2 is 1.84 bits per heavy atom. The fourth-order valence-electron chi connectivity index (χ4n) is 1.62. The molecule has 0 spiro atoms. The van der Waals surface area contributed by atoms with Gasteiger partial charge in [-0.15, -0.1) is 0 Å². The maximum absolute atomic E-state index is 10.9. The third kappa shape index (κ3) is 3.39. The van der Waals surface area contributed by atoms with E-state index in [2.05, 4.69) is 5.32 Å². The van der Waals surface area contributed by atoms with Crippen molar-refractivity contribution in [3.8, 4) is 5.75 Å². The highest BCUT2D eigenvalue weighted by Gasteiger charge is 2.09. The smallest absolute Gasteiger partial charge is 0.337 e. The molecule has 0 saturated heterocycles. The topological polar surface area (TPSA) is 69.6 Å². The first-order valence-corrected chi connectivity index (χ1v) is 5.98. The molecule has 0 atom stereocenters. The molecular formula is C14H12ClNO3. The molecule has 0 heterocycles. The van der Waals surface area contributed by atoms with Crippen LogP contribution in [-0.4, -0.2) is 16.2 Å². The molecule has 0 radical (unpaired) electrons. The summed E-state index contributed by atoms with van der Waals surface area (Å²) in [5.74, 6) is -0.846. The minimum atomic E-state index is -1.06. The molecule has 0 saturated carbocycles. The number of carboxylic acids is 1. The highest BCUT2D eigenvalue weighted by atomic mass is 35.5. The summed E-state index contributed by atoms with van der Waals surface area (Å²) in [6.07, 6.45) is 0. The van der Waals surface area contributed by atoms with Crippen molar-refractivity contribution in [1.82, 2.24) is 0 Å². The number of halogens is 1. The SMILES string of the molecule is O=C(O)c1cc(NCc2ccc(O)cc2)ccc1Cl. The Kier molecular flexibility index (Phi) is 3.92. The van der Waals surface area contributed by atoms with Gasteiger partial charge in [0.15, 0.2) is 0 Å². The highest BCUT2D eigenvalue weighted by molar-refractivity contribution is 6.33. The number of hydrogen-bond acceptors (Lipinski definition) is 3. The van der Waals surface area contributed by atoms with Crippen LogP contribution in [0.1, 0.15) is 15.9 Å². The van der Waals surface area contributed by atoms with Crippen LogP contribution in [0.2, 0.25) is 5.02 Å². The summed E-state index contributed by atoms with van der Waals surface area (Å²) in [4.78, 5) is 10.9. The molecule has 0 unspecified atom stereocenters. The zero-order chi connectivity index (χ0) is 13.8. The van der Waals surface area contributed by atoms with E-state index in [1.807, 2.05) is 0 Å². The molecule has 5 heteroatoms. The lowest BCUT2D eigenvalue weighted by Crippen LogP contribution is -2.02. The van der Waals surface area contributed by atoms with Gasteiger partial charge in [0, 0.05) is 12.2 Å². The van der Waals surface area contributed by atoms with E-state index in [4.69, 9.17) is 21.8 Å². The summed E-state index contributed by atoms with van der Waals surface area (Å²) in [7, 11) is 0. The molecule has 98 valence electrons. The number of hydrogen-bond donors (Lipinski definition) is 3. The minimum absolute atomic E-state index is 0.0670. The van der Waals surface area contributed by atoms with Gasteiger partial charge >= 0.3 is 5.97 Å². The lowest BCUT2D eigenvalue weighted by atomic mass is 10.2. The van der Waals surface area contributed by atoms with E-state index in [1.54, 1.807) is 36.4 Å². The van der Waals surface area contributed by atoms with Gasteiger partial charge in [-0.05, 0) is 35.9 Å². The number of phenolic OH excluding ortho intramolecular Hbond substituents is 1. The molecule has 2 rings (SSSR count). The molecule has 0 fully saturated rings. The molecular weight excluding hydrogens is 266 g/mol. The average molecular weight is 278 g/mol. The molecule has 19 heavy (non-hydrogen) atoms. The summed E-state index contributed by atoms with van der Waals surface area (Å²) in [6.45, 7) is 0.529. The first kappa shape index (κ1) is 13.2. The van der Waals surface area contributed by atoms with Gasteiger partial charge in [-0.25, -0.2) is 4.79 Å². The van der Waals surface area contributed by atoms with Gasteiger partial charge in [0.25, 0.3) is 0 Å². The summed E-state index contributed by atoms with van der Waals surface area (Å²) < 4.78 is 0. The Balaban J connectivity index is 2.09. The summed E-state index contributed by atoms with van der Waals surface area (Å²) in [5, 5.41) is 21.4. The summed E-state index contributed by atoms with van der Waals surface area (Å²) in [6, 6.07) is 11.5. The lowest BCUT2D eigenvalue weighted by Gasteiger charge is -2.08. The Labute approximate surface area is 115 Å². The molecule has 2 aromatic carbocycles. The molecule has 4 nitrogen and oxygen atoms in total. The van der Waals surface area contributed by atoms with Gasteiger partial charge in [-0.1, -0.05) is 23.7 Å². The summed E-state index contributed by atoms with van der Waals surface area (Å²) >= 11 is 5.79. The lowest BCUT2D eigenvalue weighted by molar-refractivity contribution is 0.0697. The Morgan fingerprint density at radius 3 is 2.47 bits per heavy atom. The third-order valence-corrected chi connectivity index (χ3v) is 2.96. The van der Waals surface area contributed by atoms with Crippen molar-refractivity contribution in [2.24, 2.45) is 0 Å². The first-order chi connectivity index (χ1) is 9.06. The largest absolute Gasteiger partial charge is 0.508 e. The van der Waals surface area contributed by atoms with E-state index in [9.17, 15) is 4.79 Å². The van der Waals surface area contributed by atoms with E-state index < -0.39 is 5.97 Å². The Hall–Kier alpha value is -2.20. The van der Waals surface area contributed by atoms with Crippen LogP contribution in [0.3, 0.4) is 0 Å². The van der Waals surface area contributed by atoms with Gasteiger partial charge in [-0.2, -0.15) is 0 Å². The normalized spacial score (nSPS) is 10.2. The zero-order valence-electron chi connectivity index (χ0n) is 9.93. The highest BCUT2D eigenvalue weighted by Crippen LogP contribution is 2.21. The fraction of sp³-hybridized carbons (Fsp3) is 0.0714. The maximum atomic E-state index is 10.9. The van der Waals surface area contributed by atoms with Crippen LogP contribution in [-0.2, 0) is 6.54 Å². The van der Waals surface area contributed by atoms with Crippen LogP contribution in [0.4, 0.5) is 5.69 Å². The number of phenols is 1. The van der Waals surface area contributed by atoms with Crippen molar-refractivity contribution < 1.29 is 15.0 Å². The standard InChI is InChI=1S/C14H12ClNO3/c15-13-6-3-10(7-12(13)14(18)19)16-8-9-1-4-11(17)5-2-9/h1-7,16-17H,8H2,(H,18,19). The first-order valence-electron chi connectivity index (χ1n) is 5.61. The third-order valence-electron chi connectivity index (χ3n) is 2.63. The quantitative estimate of drug-likeness (QED) is 0.801. The number of aromatic carboxylic acids is 1. The number of anilines is 1. The van der Waals surface area contributed by atoms with Gasteiger partial charge in [0.2, 0.25) is 0 Å². The van der Waals surface area contributed by atoms with Crippen LogP contribution in [0.25, 0.3) is 0 Å². The number of benzene rings is 2. The number of rotatable bonds is 4. The molecule has 0 aliphatic rings. The van der Waals surface area contributed by atoms with Crippen LogP contribution < -0.4 is 5.32 Å². The Morgan fingerprint density at radius 1 is 1.16 bits per heavy atom. The van der Waals surface area contributed by atoms with E-state index in [0.717, 1.165) is 5.56 Å². The number of carboxylic acid groups (broad SMARTS) is 1. The van der Waals surface area contributed by atoms with Crippen molar-refractivity contribution in [1.29, 1.82) is 0 Å². The van der Waals surface area contributed by atoms with Crippen LogP contribution >= 0.6 is 11.6 Å². The molecule has 0 aliphatic carbocycles. The predicted molar refractivity (Wildman–Crippen MR) is 73.8 cm³/mol. The zero-order valence-corrected chi connectivity index (χ0v) is 10.7. The van der Waals surface area contributed by atoms with E-state index >= 15 is 0 Å². The predicted octanol–water partition coefficient (Wildman–Crippen LogP) is 3.36. The molecule has 0 aromatic heterocycles.